The predicted molar refractivity (Wildman–Crippen MR) is 128 cm³/mol. The first-order chi connectivity index (χ1) is 15.1. The van der Waals surface area contributed by atoms with Crippen molar-refractivity contribution < 1.29 is 14.3 Å². The van der Waals surface area contributed by atoms with Crippen molar-refractivity contribution in [3.63, 3.8) is 0 Å². The Bertz CT molecular complexity index is 1180. The molecular formula is C25H24N2O3S. The largest absolute Gasteiger partial charge is 0.494 e. The Labute approximate surface area is 186 Å². The molecule has 1 amide bonds. The van der Waals surface area contributed by atoms with E-state index in [1.807, 2.05) is 81.4 Å². The molecule has 0 atom stereocenters. The van der Waals surface area contributed by atoms with Gasteiger partial charge in [-0.1, -0.05) is 29.8 Å². The van der Waals surface area contributed by atoms with Crippen LogP contribution in [-0.2, 0) is 4.79 Å². The van der Waals surface area contributed by atoms with E-state index in [1.54, 1.807) is 0 Å². The molecule has 0 saturated carbocycles. The molecule has 0 unspecified atom stereocenters. The van der Waals surface area contributed by atoms with E-state index in [0.29, 0.717) is 23.3 Å². The van der Waals surface area contributed by atoms with Gasteiger partial charge in [0.05, 0.1) is 23.8 Å². The predicted octanol–water partition coefficient (Wildman–Crippen LogP) is 5.84. The van der Waals surface area contributed by atoms with Crippen LogP contribution in [0.1, 0.15) is 25.0 Å². The highest BCUT2D eigenvalue weighted by Crippen LogP contribution is 2.36. The van der Waals surface area contributed by atoms with E-state index >= 15 is 0 Å². The molecule has 1 aliphatic heterocycles. The van der Waals surface area contributed by atoms with Crippen LogP contribution in [0.3, 0.4) is 0 Å². The lowest BCUT2D eigenvalue weighted by Gasteiger charge is -2.12. The maximum Gasteiger partial charge on any atom is 0.264 e. The van der Waals surface area contributed by atoms with Gasteiger partial charge in [0.2, 0.25) is 0 Å². The molecule has 1 fully saturated rings. The summed E-state index contributed by atoms with van der Waals surface area (Å²) < 4.78 is 11.6. The van der Waals surface area contributed by atoms with Gasteiger partial charge >= 0.3 is 0 Å². The highest BCUT2D eigenvalue weighted by molar-refractivity contribution is 8.18. The van der Waals surface area contributed by atoms with Crippen molar-refractivity contribution in [1.82, 2.24) is 5.32 Å². The van der Waals surface area contributed by atoms with Gasteiger partial charge in [-0.15, -0.1) is 0 Å². The summed E-state index contributed by atoms with van der Waals surface area (Å²) in [6, 6.07) is 17.8. The highest BCUT2D eigenvalue weighted by atomic mass is 32.2. The van der Waals surface area contributed by atoms with Crippen LogP contribution < -0.4 is 14.8 Å². The van der Waals surface area contributed by atoms with Gasteiger partial charge in [-0.05, 0) is 79.7 Å². The van der Waals surface area contributed by atoms with Gasteiger partial charge in [-0.2, -0.15) is 0 Å². The third-order valence-electron chi connectivity index (χ3n) is 4.80. The Morgan fingerprint density at radius 2 is 1.74 bits per heavy atom. The molecule has 0 radical (unpaired) electrons. The van der Waals surface area contributed by atoms with Crippen LogP contribution in [0.5, 0.6) is 11.5 Å². The smallest absolute Gasteiger partial charge is 0.264 e. The van der Waals surface area contributed by atoms with Crippen LogP contribution in [0.4, 0.5) is 5.69 Å². The summed E-state index contributed by atoms with van der Waals surface area (Å²) in [7, 11) is 0. The standard InChI is InChI=1S/C25H24N2O3S/c1-4-29-19-12-8-17-9-13-22(30-5-2)21(20(17)14-19)15-23-24(28)27-25(31-23)26-18-10-6-16(3)7-11-18/h6-15H,4-5H2,1-3H3,(H,26,27,28)/b23-15-. The van der Waals surface area contributed by atoms with E-state index in [4.69, 9.17) is 9.47 Å². The lowest BCUT2D eigenvalue weighted by molar-refractivity contribution is -0.115. The summed E-state index contributed by atoms with van der Waals surface area (Å²) in [6.07, 6.45) is 1.88. The van der Waals surface area contributed by atoms with Crippen LogP contribution in [-0.4, -0.2) is 24.3 Å². The number of nitrogens with one attached hydrogen (secondary N) is 1. The van der Waals surface area contributed by atoms with Crippen molar-refractivity contribution in [3.8, 4) is 11.5 Å². The quantitative estimate of drug-likeness (QED) is 0.497. The minimum atomic E-state index is -0.170. The van der Waals surface area contributed by atoms with E-state index in [0.717, 1.165) is 33.5 Å². The molecule has 158 valence electrons. The fourth-order valence-corrected chi connectivity index (χ4v) is 4.16. The number of carbonyl (C=O) groups is 1. The van der Waals surface area contributed by atoms with Gasteiger partial charge in [0.1, 0.15) is 11.5 Å². The van der Waals surface area contributed by atoms with Crippen LogP contribution in [0.25, 0.3) is 16.8 Å². The van der Waals surface area contributed by atoms with Crippen molar-refractivity contribution in [1.29, 1.82) is 0 Å². The number of hydrogen-bond acceptors (Lipinski definition) is 5. The number of aliphatic imine (C=N–C) groups is 1. The third kappa shape index (κ3) is 4.75. The van der Waals surface area contributed by atoms with Crippen molar-refractivity contribution in [3.05, 3.63) is 70.6 Å². The molecule has 1 heterocycles. The summed E-state index contributed by atoms with van der Waals surface area (Å²) in [6.45, 7) is 7.05. The first-order valence-electron chi connectivity index (χ1n) is 10.3. The summed E-state index contributed by atoms with van der Waals surface area (Å²) in [5.74, 6) is 1.35. The molecule has 1 saturated heterocycles. The number of amidine groups is 1. The molecule has 0 aromatic heterocycles. The van der Waals surface area contributed by atoms with Crippen molar-refractivity contribution in [2.45, 2.75) is 20.8 Å². The van der Waals surface area contributed by atoms with Gasteiger partial charge in [0, 0.05) is 5.56 Å². The number of aryl methyl sites for hydroxylation is 1. The van der Waals surface area contributed by atoms with Crippen molar-refractivity contribution >= 4 is 45.4 Å². The number of benzene rings is 3. The molecule has 0 bridgehead atoms. The van der Waals surface area contributed by atoms with Gasteiger partial charge in [-0.25, -0.2) is 4.99 Å². The SMILES string of the molecule is CCOc1ccc2ccc(OCC)c(/C=C3\SC(=Nc4ccc(C)cc4)NC3=O)c2c1. The molecule has 5 nitrogen and oxygen atoms in total. The van der Waals surface area contributed by atoms with Crippen molar-refractivity contribution in [2.24, 2.45) is 4.99 Å². The third-order valence-corrected chi connectivity index (χ3v) is 5.71. The molecule has 0 aliphatic carbocycles. The number of ether oxygens (including phenoxy) is 2. The molecule has 6 heteroatoms. The molecule has 3 aromatic carbocycles. The number of hydrogen-bond donors (Lipinski definition) is 1. The molecular weight excluding hydrogens is 408 g/mol. The van der Waals surface area contributed by atoms with E-state index in [-0.39, 0.29) is 5.91 Å². The number of nitrogens with zero attached hydrogens (tertiary/aromatic N) is 1. The molecule has 0 spiro atoms. The number of thioether (sulfide) groups is 1. The second-order valence-corrected chi connectivity index (χ2v) is 8.07. The minimum Gasteiger partial charge on any atom is -0.494 e. The Hall–Kier alpha value is -3.25. The zero-order valence-corrected chi connectivity index (χ0v) is 18.6. The number of fused-ring (bicyclic) bond motifs is 1. The minimum absolute atomic E-state index is 0.170. The van der Waals surface area contributed by atoms with Crippen LogP contribution >= 0.6 is 11.8 Å². The Morgan fingerprint density at radius 1 is 1.00 bits per heavy atom. The van der Waals surface area contributed by atoms with E-state index in [2.05, 4.69) is 10.3 Å². The summed E-state index contributed by atoms with van der Waals surface area (Å²) >= 11 is 1.33. The number of amides is 1. The van der Waals surface area contributed by atoms with E-state index < -0.39 is 0 Å². The summed E-state index contributed by atoms with van der Waals surface area (Å²) in [4.78, 5) is 17.8. The lowest BCUT2D eigenvalue weighted by atomic mass is 10.0. The second-order valence-electron chi connectivity index (χ2n) is 7.04. The van der Waals surface area contributed by atoms with Crippen molar-refractivity contribution in [2.75, 3.05) is 13.2 Å². The molecule has 4 rings (SSSR count). The zero-order valence-electron chi connectivity index (χ0n) is 17.8. The fourth-order valence-electron chi connectivity index (χ4n) is 3.34. The van der Waals surface area contributed by atoms with Crippen LogP contribution in [0, 0.1) is 6.92 Å². The van der Waals surface area contributed by atoms with Crippen LogP contribution in [0.2, 0.25) is 0 Å². The number of rotatable bonds is 6. The molecule has 31 heavy (non-hydrogen) atoms. The monoisotopic (exact) mass is 432 g/mol. The Kier molecular flexibility index (Phi) is 6.28. The summed E-state index contributed by atoms with van der Waals surface area (Å²) in [5.41, 5.74) is 2.82. The molecule has 1 N–H and O–H groups in total. The summed E-state index contributed by atoms with van der Waals surface area (Å²) in [5, 5.41) is 5.45. The first kappa shape index (κ1) is 21.0. The molecule has 3 aromatic rings. The normalized spacial score (nSPS) is 16.2. The van der Waals surface area contributed by atoms with E-state index in [1.165, 1.54) is 17.3 Å². The fraction of sp³-hybridized carbons (Fsp3) is 0.200. The lowest BCUT2D eigenvalue weighted by Crippen LogP contribution is -2.19. The van der Waals surface area contributed by atoms with Crippen LogP contribution in [0.15, 0.2) is 64.5 Å². The Balaban J connectivity index is 1.74. The molecule has 1 aliphatic rings. The Morgan fingerprint density at radius 3 is 2.48 bits per heavy atom. The zero-order chi connectivity index (χ0) is 21.8. The van der Waals surface area contributed by atoms with Gasteiger partial charge in [-0.3, -0.25) is 4.79 Å². The second kappa shape index (κ2) is 9.27. The van der Waals surface area contributed by atoms with Gasteiger partial charge in [0.25, 0.3) is 5.91 Å². The average Bonchev–Trinajstić information content (AvgIpc) is 3.10. The average molecular weight is 433 g/mol. The maximum absolute atomic E-state index is 12.7. The first-order valence-corrected chi connectivity index (χ1v) is 11.1. The van der Waals surface area contributed by atoms with E-state index in [9.17, 15) is 4.79 Å². The topological polar surface area (TPSA) is 59.9 Å². The highest BCUT2D eigenvalue weighted by Gasteiger charge is 2.25. The van der Waals surface area contributed by atoms with Gasteiger partial charge < -0.3 is 14.8 Å². The number of carbonyl (C=O) groups excluding carboxylic acids is 1. The maximum atomic E-state index is 12.7. The van der Waals surface area contributed by atoms with Gasteiger partial charge in [0.15, 0.2) is 5.17 Å².